The highest BCUT2D eigenvalue weighted by Gasteiger charge is 2.33. The number of carboxylic acids is 1. The van der Waals surface area contributed by atoms with Crippen molar-refractivity contribution in [3.05, 3.63) is 71.3 Å². The lowest BCUT2D eigenvalue weighted by Crippen LogP contribution is -2.37. The Kier molecular flexibility index (Phi) is 8.31. The minimum absolute atomic E-state index is 0.0441. The standard InChI is InChI=1S/C23H27ClN2O5S/c24-18-10-12-21(13-11-18)32(30,31)25-19-14-20(7-2-1-3-9-23(28)29)26(16-19)15-17-6-4-5-8-22(17)27/h2,4-8,10-13,19-20,25,27H,1,3,9,14-16H2,(H,28,29)/b7-2-/t19-,20-/m1/s1. The van der Waals surface area contributed by atoms with Crippen LogP contribution in [0.25, 0.3) is 0 Å². The summed E-state index contributed by atoms with van der Waals surface area (Å²) < 4.78 is 28.4. The summed E-state index contributed by atoms with van der Waals surface area (Å²) in [4.78, 5) is 13.0. The summed E-state index contributed by atoms with van der Waals surface area (Å²) in [5.74, 6) is -0.626. The van der Waals surface area contributed by atoms with Crippen molar-refractivity contribution >= 4 is 27.6 Å². The van der Waals surface area contributed by atoms with Crippen molar-refractivity contribution in [1.29, 1.82) is 0 Å². The largest absolute Gasteiger partial charge is 0.508 e. The fraction of sp³-hybridized carbons (Fsp3) is 0.348. The first kappa shape index (κ1) is 24.3. The van der Waals surface area contributed by atoms with Crippen LogP contribution in [0.5, 0.6) is 5.75 Å². The van der Waals surface area contributed by atoms with E-state index < -0.39 is 16.0 Å². The maximum absolute atomic E-state index is 12.8. The van der Waals surface area contributed by atoms with E-state index in [1.807, 2.05) is 24.3 Å². The molecule has 1 aliphatic rings. The first-order chi connectivity index (χ1) is 15.2. The maximum Gasteiger partial charge on any atom is 0.303 e. The molecule has 3 rings (SSSR count). The molecule has 0 bridgehead atoms. The number of nitrogens with zero attached hydrogens (tertiary/aromatic N) is 1. The number of aliphatic carboxylic acids is 1. The van der Waals surface area contributed by atoms with Crippen LogP contribution in [-0.2, 0) is 21.4 Å². The lowest BCUT2D eigenvalue weighted by molar-refractivity contribution is -0.137. The molecule has 0 saturated carbocycles. The fourth-order valence-electron chi connectivity index (χ4n) is 3.79. The number of hydrogen-bond acceptors (Lipinski definition) is 5. The van der Waals surface area contributed by atoms with E-state index in [-0.39, 0.29) is 29.1 Å². The Balaban J connectivity index is 1.71. The Labute approximate surface area is 193 Å². The molecular formula is C23H27ClN2O5S. The number of carbonyl (C=O) groups is 1. The molecule has 32 heavy (non-hydrogen) atoms. The van der Waals surface area contributed by atoms with Gasteiger partial charge in [0.2, 0.25) is 10.0 Å². The molecule has 7 nitrogen and oxygen atoms in total. The number of phenols is 1. The monoisotopic (exact) mass is 478 g/mol. The zero-order valence-electron chi connectivity index (χ0n) is 17.5. The molecule has 3 N–H and O–H groups in total. The molecule has 0 aromatic heterocycles. The van der Waals surface area contributed by atoms with Crippen LogP contribution in [0.3, 0.4) is 0 Å². The van der Waals surface area contributed by atoms with Crippen molar-refractivity contribution in [2.75, 3.05) is 6.54 Å². The van der Waals surface area contributed by atoms with Gasteiger partial charge < -0.3 is 10.2 Å². The van der Waals surface area contributed by atoms with Gasteiger partial charge in [-0.1, -0.05) is 42.0 Å². The van der Waals surface area contributed by atoms with Crippen LogP contribution in [-0.4, -0.2) is 48.1 Å². The van der Waals surface area contributed by atoms with Crippen molar-refractivity contribution in [3.63, 3.8) is 0 Å². The Morgan fingerprint density at radius 2 is 1.91 bits per heavy atom. The summed E-state index contributed by atoms with van der Waals surface area (Å²) in [6.45, 7) is 0.946. The van der Waals surface area contributed by atoms with Crippen molar-refractivity contribution in [1.82, 2.24) is 9.62 Å². The molecule has 0 unspecified atom stereocenters. The van der Waals surface area contributed by atoms with Crippen LogP contribution in [0, 0.1) is 0 Å². The van der Waals surface area contributed by atoms with Crippen molar-refractivity contribution < 1.29 is 23.4 Å². The molecule has 1 fully saturated rings. The first-order valence-corrected chi connectivity index (χ1v) is 12.3. The number of carboxylic acid groups (broad SMARTS) is 1. The Bertz CT molecular complexity index is 1060. The van der Waals surface area contributed by atoms with Gasteiger partial charge in [-0.3, -0.25) is 9.69 Å². The number of unbranched alkanes of at least 4 members (excludes halogenated alkanes) is 1. The van der Waals surface area contributed by atoms with Crippen LogP contribution in [0.1, 0.15) is 31.2 Å². The summed E-state index contributed by atoms with van der Waals surface area (Å²) in [5, 5.41) is 19.4. The molecule has 2 aromatic carbocycles. The van der Waals surface area contributed by atoms with Gasteiger partial charge in [-0.05, 0) is 49.6 Å². The van der Waals surface area contributed by atoms with Crippen LogP contribution in [0.4, 0.5) is 0 Å². The van der Waals surface area contributed by atoms with E-state index in [2.05, 4.69) is 9.62 Å². The average Bonchev–Trinajstić information content (AvgIpc) is 3.10. The lowest BCUT2D eigenvalue weighted by atomic mass is 10.1. The SMILES string of the molecule is O=C(O)CCC/C=C\[C@@H]1C[C@@H](NS(=O)(=O)c2ccc(Cl)cc2)CN1Cc1ccccc1O. The minimum atomic E-state index is -3.70. The van der Waals surface area contributed by atoms with Gasteiger partial charge in [0.15, 0.2) is 0 Å². The number of hydrogen-bond donors (Lipinski definition) is 3. The molecule has 9 heteroatoms. The van der Waals surface area contributed by atoms with Gasteiger partial charge in [0, 0.05) is 42.2 Å². The van der Waals surface area contributed by atoms with Crippen LogP contribution < -0.4 is 4.72 Å². The van der Waals surface area contributed by atoms with Gasteiger partial charge in [0.1, 0.15) is 5.75 Å². The van der Waals surface area contributed by atoms with Gasteiger partial charge in [-0.2, -0.15) is 0 Å². The summed E-state index contributed by atoms with van der Waals surface area (Å²) in [6, 6.07) is 12.7. The first-order valence-electron chi connectivity index (χ1n) is 10.4. The highest BCUT2D eigenvalue weighted by Crippen LogP contribution is 2.26. The Morgan fingerprint density at radius 3 is 2.59 bits per heavy atom. The van der Waals surface area contributed by atoms with E-state index in [1.54, 1.807) is 12.1 Å². The number of sulfonamides is 1. The topological polar surface area (TPSA) is 107 Å². The smallest absolute Gasteiger partial charge is 0.303 e. The van der Waals surface area contributed by atoms with Crippen LogP contribution in [0.15, 0.2) is 65.6 Å². The van der Waals surface area contributed by atoms with E-state index in [4.69, 9.17) is 16.7 Å². The normalized spacial score (nSPS) is 19.5. The van der Waals surface area contributed by atoms with E-state index in [1.165, 1.54) is 24.3 Å². The molecule has 1 heterocycles. The number of phenolic OH excluding ortho intramolecular Hbond substituents is 1. The predicted molar refractivity (Wildman–Crippen MR) is 123 cm³/mol. The quantitative estimate of drug-likeness (QED) is 0.354. The molecule has 2 aromatic rings. The highest BCUT2D eigenvalue weighted by molar-refractivity contribution is 7.89. The summed E-state index contributed by atoms with van der Waals surface area (Å²) in [5.41, 5.74) is 0.762. The second-order valence-corrected chi connectivity index (χ2v) is 10.00. The number of likely N-dealkylation sites (tertiary alicyclic amines) is 1. The van der Waals surface area contributed by atoms with Crippen LogP contribution in [0.2, 0.25) is 5.02 Å². The molecule has 1 saturated heterocycles. The number of halogens is 1. The molecule has 0 spiro atoms. The minimum Gasteiger partial charge on any atom is -0.508 e. The summed E-state index contributed by atoms with van der Waals surface area (Å²) in [7, 11) is -3.70. The highest BCUT2D eigenvalue weighted by atomic mass is 35.5. The number of para-hydroxylation sites is 1. The summed E-state index contributed by atoms with van der Waals surface area (Å²) in [6.07, 6.45) is 5.80. The van der Waals surface area contributed by atoms with E-state index >= 15 is 0 Å². The molecule has 1 aliphatic heterocycles. The number of allylic oxidation sites excluding steroid dienone is 1. The third kappa shape index (κ3) is 6.80. The predicted octanol–water partition coefficient (Wildman–Crippen LogP) is 3.78. The lowest BCUT2D eigenvalue weighted by Gasteiger charge is -2.22. The second kappa shape index (κ2) is 11.0. The fourth-order valence-corrected chi connectivity index (χ4v) is 5.16. The number of benzene rings is 2. The second-order valence-electron chi connectivity index (χ2n) is 7.85. The van der Waals surface area contributed by atoms with Gasteiger partial charge in [0.05, 0.1) is 4.90 Å². The Hall–Kier alpha value is -2.39. The molecule has 0 amide bonds. The number of nitrogens with one attached hydrogen (secondary N) is 1. The molecule has 0 aliphatic carbocycles. The van der Waals surface area contributed by atoms with E-state index in [0.717, 1.165) is 5.56 Å². The summed E-state index contributed by atoms with van der Waals surface area (Å²) >= 11 is 5.87. The van der Waals surface area contributed by atoms with Gasteiger partial charge >= 0.3 is 5.97 Å². The van der Waals surface area contributed by atoms with Crippen molar-refractivity contribution in [2.24, 2.45) is 0 Å². The molecule has 0 radical (unpaired) electrons. The van der Waals surface area contributed by atoms with Crippen molar-refractivity contribution in [3.8, 4) is 5.75 Å². The van der Waals surface area contributed by atoms with E-state index in [0.29, 0.717) is 37.4 Å². The van der Waals surface area contributed by atoms with Gasteiger partial charge in [-0.25, -0.2) is 13.1 Å². The molecular weight excluding hydrogens is 452 g/mol. The van der Waals surface area contributed by atoms with Gasteiger partial charge in [-0.15, -0.1) is 0 Å². The number of aromatic hydroxyl groups is 1. The third-order valence-electron chi connectivity index (χ3n) is 5.38. The Morgan fingerprint density at radius 1 is 1.19 bits per heavy atom. The van der Waals surface area contributed by atoms with Crippen molar-refractivity contribution in [2.45, 2.75) is 49.2 Å². The third-order valence-corrected chi connectivity index (χ3v) is 7.17. The molecule has 2 atom stereocenters. The maximum atomic E-state index is 12.8. The zero-order valence-corrected chi connectivity index (χ0v) is 19.1. The van der Waals surface area contributed by atoms with Gasteiger partial charge in [0.25, 0.3) is 0 Å². The molecule has 172 valence electrons. The van der Waals surface area contributed by atoms with E-state index in [9.17, 15) is 18.3 Å². The zero-order chi connectivity index (χ0) is 23.1. The number of rotatable bonds is 10. The average molecular weight is 479 g/mol. The van der Waals surface area contributed by atoms with Crippen LogP contribution >= 0.6 is 11.6 Å².